The molecular weight excluding hydrogens is 226 g/mol. The molecule has 1 rings (SSSR count). The molecule has 3 nitrogen and oxygen atoms in total. The molecule has 0 aliphatic carbocycles. The standard InChI is InChI=1S/C15H19NO2/c1-4-9-13(5-2)16-15(17)14(18-3)12-10-7-6-8-11-12/h1,6-8,10-11,13-14H,5,9H2,2-3H3,(H,16,17). The highest BCUT2D eigenvalue weighted by atomic mass is 16.5. The first kappa shape index (κ1) is 14.3. The number of carbonyl (C=O) groups is 1. The number of hydrogen-bond acceptors (Lipinski definition) is 2. The van der Waals surface area contributed by atoms with Crippen molar-refractivity contribution in [2.24, 2.45) is 0 Å². The van der Waals surface area contributed by atoms with E-state index in [1.165, 1.54) is 7.11 Å². The van der Waals surface area contributed by atoms with E-state index in [1.54, 1.807) is 0 Å². The Morgan fingerprint density at radius 3 is 2.61 bits per heavy atom. The molecule has 18 heavy (non-hydrogen) atoms. The second kappa shape index (κ2) is 7.52. The van der Waals surface area contributed by atoms with Crippen LogP contribution in [-0.2, 0) is 9.53 Å². The summed E-state index contributed by atoms with van der Waals surface area (Å²) < 4.78 is 5.26. The Morgan fingerprint density at radius 1 is 1.44 bits per heavy atom. The molecule has 0 saturated carbocycles. The zero-order chi connectivity index (χ0) is 13.4. The van der Waals surface area contributed by atoms with Gasteiger partial charge in [0.15, 0.2) is 6.10 Å². The molecule has 0 aromatic heterocycles. The fourth-order valence-corrected chi connectivity index (χ4v) is 1.74. The van der Waals surface area contributed by atoms with E-state index >= 15 is 0 Å². The highest BCUT2D eigenvalue weighted by Crippen LogP contribution is 2.16. The number of ether oxygens (including phenoxy) is 1. The Labute approximate surface area is 109 Å². The van der Waals surface area contributed by atoms with Gasteiger partial charge in [-0.15, -0.1) is 12.3 Å². The summed E-state index contributed by atoms with van der Waals surface area (Å²) in [6.45, 7) is 1.99. The summed E-state index contributed by atoms with van der Waals surface area (Å²) in [4.78, 5) is 12.1. The van der Waals surface area contributed by atoms with Crippen LogP contribution in [0.4, 0.5) is 0 Å². The molecule has 3 heteroatoms. The minimum Gasteiger partial charge on any atom is -0.367 e. The lowest BCUT2D eigenvalue weighted by Gasteiger charge is -2.20. The fourth-order valence-electron chi connectivity index (χ4n) is 1.74. The van der Waals surface area contributed by atoms with Crippen LogP contribution in [0.3, 0.4) is 0 Å². The van der Waals surface area contributed by atoms with Crippen molar-refractivity contribution in [2.45, 2.75) is 31.9 Å². The maximum atomic E-state index is 12.1. The van der Waals surface area contributed by atoms with Crippen LogP contribution >= 0.6 is 0 Å². The van der Waals surface area contributed by atoms with Crippen molar-refractivity contribution in [3.05, 3.63) is 35.9 Å². The Balaban J connectivity index is 2.72. The zero-order valence-electron chi connectivity index (χ0n) is 10.8. The van der Waals surface area contributed by atoms with E-state index in [1.807, 2.05) is 37.3 Å². The van der Waals surface area contributed by atoms with Gasteiger partial charge < -0.3 is 10.1 Å². The molecule has 0 heterocycles. The smallest absolute Gasteiger partial charge is 0.253 e. The van der Waals surface area contributed by atoms with Crippen molar-refractivity contribution in [3.8, 4) is 12.3 Å². The first-order valence-electron chi connectivity index (χ1n) is 6.04. The minimum absolute atomic E-state index is 0.00358. The van der Waals surface area contributed by atoms with Crippen molar-refractivity contribution in [1.29, 1.82) is 0 Å². The molecule has 0 fully saturated rings. The quantitative estimate of drug-likeness (QED) is 0.781. The number of rotatable bonds is 6. The number of hydrogen-bond donors (Lipinski definition) is 1. The number of amides is 1. The molecule has 0 bridgehead atoms. The third-order valence-electron chi connectivity index (χ3n) is 2.78. The SMILES string of the molecule is C#CCC(CC)NC(=O)C(OC)c1ccccc1. The molecule has 0 aliphatic heterocycles. The highest BCUT2D eigenvalue weighted by molar-refractivity contribution is 5.82. The molecule has 0 radical (unpaired) electrons. The lowest BCUT2D eigenvalue weighted by molar-refractivity contribution is -0.132. The molecule has 2 atom stereocenters. The first-order chi connectivity index (χ1) is 8.72. The summed E-state index contributed by atoms with van der Waals surface area (Å²) >= 11 is 0. The normalized spacial score (nSPS) is 13.4. The molecule has 1 aromatic carbocycles. The van der Waals surface area contributed by atoms with Gasteiger partial charge in [-0.2, -0.15) is 0 Å². The van der Waals surface area contributed by atoms with Crippen molar-refractivity contribution >= 4 is 5.91 Å². The molecule has 1 N–H and O–H groups in total. The summed E-state index contributed by atoms with van der Waals surface area (Å²) in [5.74, 6) is 2.42. The number of methoxy groups -OCH3 is 1. The third-order valence-corrected chi connectivity index (χ3v) is 2.78. The van der Waals surface area contributed by atoms with Gasteiger partial charge in [0.2, 0.25) is 0 Å². The van der Waals surface area contributed by atoms with Crippen LogP contribution in [-0.4, -0.2) is 19.1 Å². The van der Waals surface area contributed by atoms with E-state index in [2.05, 4.69) is 11.2 Å². The second-order valence-electron chi connectivity index (χ2n) is 4.05. The first-order valence-corrected chi connectivity index (χ1v) is 6.04. The Hall–Kier alpha value is -1.79. The van der Waals surface area contributed by atoms with E-state index in [0.29, 0.717) is 6.42 Å². The molecule has 0 spiro atoms. The van der Waals surface area contributed by atoms with Gasteiger partial charge >= 0.3 is 0 Å². The molecule has 1 amide bonds. The monoisotopic (exact) mass is 245 g/mol. The number of nitrogens with one attached hydrogen (secondary N) is 1. The van der Waals surface area contributed by atoms with Gasteiger partial charge in [-0.25, -0.2) is 0 Å². The van der Waals surface area contributed by atoms with Crippen LogP contribution in [0.15, 0.2) is 30.3 Å². The average Bonchev–Trinajstić information content (AvgIpc) is 2.40. The van der Waals surface area contributed by atoms with Gasteiger partial charge in [-0.05, 0) is 12.0 Å². The predicted molar refractivity (Wildman–Crippen MR) is 71.9 cm³/mol. The van der Waals surface area contributed by atoms with Gasteiger partial charge in [0, 0.05) is 19.6 Å². The fraction of sp³-hybridized carbons (Fsp3) is 0.400. The minimum atomic E-state index is -0.585. The molecule has 0 aliphatic rings. The van der Waals surface area contributed by atoms with Gasteiger partial charge in [-0.3, -0.25) is 4.79 Å². The largest absolute Gasteiger partial charge is 0.367 e. The Morgan fingerprint density at radius 2 is 2.11 bits per heavy atom. The van der Waals surface area contributed by atoms with Crippen LogP contribution < -0.4 is 5.32 Å². The maximum absolute atomic E-state index is 12.1. The third kappa shape index (κ3) is 3.90. The molecular formula is C15H19NO2. The number of terminal acetylenes is 1. The molecule has 2 unspecified atom stereocenters. The van der Waals surface area contributed by atoms with E-state index in [0.717, 1.165) is 12.0 Å². The maximum Gasteiger partial charge on any atom is 0.253 e. The van der Waals surface area contributed by atoms with E-state index in [9.17, 15) is 4.79 Å². The number of benzene rings is 1. The second-order valence-corrected chi connectivity index (χ2v) is 4.05. The highest BCUT2D eigenvalue weighted by Gasteiger charge is 2.21. The lowest BCUT2D eigenvalue weighted by Crippen LogP contribution is -2.38. The average molecular weight is 245 g/mol. The lowest BCUT2D eigenvalue weighted by atomic mass is 10.1. The van der Waals surface area contributed by atoms with Gasteiger partial charge in [0.05, 0.1) is 0 Å². The van der Waals surface area contributed by atoms with Gasteiger partial charge in [0.25, 0.3) is 5.91 Å². The Kier molecular flexibility index (Phi) is 5.96. The molecule has 0 saturated heterocycles. The van der Waals surface area contributed by atoms with Crippen LogP contribution in [0.2, 0.25) is 0 Å². The van der Waals surface area contributed by atoms with Crippen molar-refractivity contribution < 1.29 is 9.53 Å². The predicted octanol–water partition coefficient (Wildman–Crippen LogP) is 2.29. The molecule has 1 aromatic rings. The Bertz CT molecular complexity index is 408. The molecule has 96 valence electrons. The van der Waals surface area contributed by atoms with Gasteiger partial charge in [0.1, 0.15) is 0 Å². The van der Waals surface area contributed by atoms with E-state index in [-0.39, 0.29) is 11.9 Å². The van der Waals surface area contributed by atoms with Crippen LogP contribution in [0.5, 0.6) is 0 Å². The van der Waals surface area contributed by atoms with Crippen LogP contribution in [0, 0.1) is 12.3 Å². The van der Waals surface area contributed by atoms with Crippen LogP contribution in [0.1, 0.15) is 31.4 Å². The van der Waals surface area contributed by atoms with Crippen molar-refractivity contribution in [2.75, 3.05) is 7.11 Å². The summed E-state index contributed by atoms with van der Waals surface area (Å²) in [6, 6.07) is 9.41. The van der Waals surface area contributed by atoms with Crippen LogP contribution in [0.25, 0.3) is 0 Å². The van der Waals surface area contributed by atoms with Gasteiger partial charge in [-0.1, -0.05) is 37.3 Å². The summed E-state index contributed by atoms with van der Waals surface area (Å²) in [5, 5.41) is 2.91. The van der Waals surface area contributed by atoms with Crippen molar-refractivity contribution in [1.82, 2.24) is 5.32 Å². The summed E-state index contributed by atoms with van der Waals surface area (Å²) in [6.07, 6.45) is 6.02. The van der Waals surface area contributed by atoms with E-state index in [4.69, 9.17) is 11.2 Å². The van der Waals surface area contributed by atoms with Crippen molar-refractivity contribution in [3.63, 3.8) is 0 Å². The summed E-state index contributed by atoms with van der Waals surface area (Å²) in [5.41, 5.74) is 0.841. The summed E-state index contributed by atoms with van der Waals surface area (Å²) in [7, 11) is 1.53. The zero-order valence-corrected chi connectivity index (χ0v) is 10.8. The topological polar surface area (TPSA) is 38.3 Å². The number of carbonyl (C=O) groups excluding carboxylic acids is 1. The van der Waals surface area contributed by atoms with E-state index < -0.39 is 6.10 Å².